The van der Waals surface area contributed by atoms with Gasteiger partial charge in [0.15, 0.2) is 0 Å². The van der Waals surface area contributed by atoms with Crippen LogP contribution in [-0.4, -0.2) is 65.7 Å². The van der Waals surface area contributed by atoms with Crippen LogP contribution in [0, 0.1) is 0 Å². The summed E-state index contributed by atoms with van der Waals surface area (Å²) >= 11 is 1.64. The molecule has 3 aromatic rings. The number of hydrogen-bond acceptors (Lipinski definition) is 6. The van der Waals surface area contributed by atoms with E-state index in [0.29, 0.717) is 25.3 Å². The molecule has 5 rings (SSSR count). The molecule has 204 valence electrons. The molecule has 1 fully saturated rings. The van der Waals surface area contributed by atoms with Gasteiger partial charge in [0.2, 0.25) is 0 Å². The van der Waals surface area contributed by atoms with Crippen molar-refractivity contribution in [3.63, 3.8) is 0 Å². The summed E-state index contributed by atoms with van der Waals surface area (Å²) in [7, 11) is 2.10. The van der Waals surface area contributed by atoms with Gasteiger partial charge < -0.3 is 9.80 Å². The van der Waals surface area contributed by atoms with Crippen LogP contribution in [0.3, 0.4) is 0 Å². The van der Waals surface area contributed by atoms with E-state index in [9.17, 15) is 18.0 Å². The molecule has 0 bridgehead atoms. The molecule has 0 atom stereocenters. The van der Waals surface area contributed by atoms with E-state index in [1.54, 1.807) is 28.3 Å². The number of halogens is 5. The molecule has 2 aromatic heterocycles. The minimum Gasteiger partial charge on any atom is -0.369 e. The third kappa shape index (κ3) is 6.60. The summed E-state index contributed by atoms with van der Waals surface area (Å²) in [5, 5.41) is 0.811. The standard InChI is InChI=1S/C25H30F3N5OS.2ClH/c1-30-10-7-20-21(16-30)35-23-22(20)24(34)33(17-29-23)9-3-2-8-31-11-13-32(14-12-31)19-6-4-5-18(15-19)25(26,27)28;;/h4-6,15,17H,2-3,7-14,16H2,1H3;2*1H. The first-order valence-corrected chi connectivity index (χ1v) is 12.9. The van der Waals surface area contributed by atoms with Crippen molar-refractivity contribution >= 4 is 52.1 Å². The molecular weight excluding hydrogens is 546 g/mol. The van der Waals surface area contributed by atoms with Crippen molar-refractivity contribution in [2.75, 3.05) is 51.2 Å². The number of aryl methyl sites for hydroxylation is 1. The van der Waals surface area contributed by atoms with Crippen molar-refractivity contribution in [2.24, 2.45) is 0 Å². The summed E-state index contributed by atoms with van der Waals surface area (Å²) in [6.07, 6.45) is 0.110. The van der Waals surface area contributed by atoms with Crippen LogP contribution in [0.25, 0.3) is 10.2 Å². The number of benzene rings is 1. The molecule has 1 aromatic carbocycles. The summed E-state index contributed by atoms with van der Waals surface area (Å²) in [5.74, 6) is 0. The topological polar surface area (TPSA) is 44.6 Å². The largest absolute Gasteiger partial charge is 0.416 e. The number of rotatable bonds is 6. The van der Waals surface area contributed by atoms with E-state index in [0.717, 1.165) is 68.3 Å². The van der Waals surface area contributed by atoms with E-state index < -0.39 is 11.7 Å². The first kappa shape index (κ1) is 29.7. The monoisotopic (exact) mass is 577 g/mol. The Hall–Kier alpha value is -1.85. The van der Waals surface area contributed by atoms with Crippen LogP contribution < -0.4 is 10.5 Å². The Morgan fingerprint density at radius 2 is 1.76 bits per heavy atom. The molecule has 0 amide bonds. The highest BCUT2D eigenvalue weighted by atomic mass is 35.5. The average Bonchev–Trinajstić information content (AvgIpc) is 3.21. The van der Waals surface area contributed by atoms with Crippen molar-refractivity contribution in [1.82, 2.24) is 19.4 Å². The van der Waals surface area contributed by atoms with Crippen LogP contribution in [0.4, 0.5) is 18.9 Å². The van der Waals surface area contributed by atoms with Crippen LogP contribution >= 0.6 is 36.2 Å². The highest BCUT2D eigenvalue weighted by Crippen LogP contribution is 2.33. The fraction of sp³-hybridized carbons (Fsp3) is 0.520. The molecule has 6 nitrogen and oxygen atoms in total. The third-order valence-corrected chi connectivity index (χ3v) is 8.18. The SMILES string of the molecule is CN1CCc2c(sc3ncn(CCCCN4CCN(c5cccc(C(F)(F)F)c5)CC4)c(=O)c23)C1.Cl.Cl. The van der Waals surface area contributed by atoms with Crippen molar-refractivity contribution in [3.8, 4) is 0 Å². The van der Waals surface area contributed by atoms with Crippen molar-refractivity contribution in [2.45, 2.75) is 38.5 Å². The summed E-state index contributed by atoms with van der Waals surface area (Å²) in [6, 6.07) is 5.57. The Kier molecular flexibility index (Phi) is 9.90. The average molecular weight is 579 g/mol. The van der Waals surface area contributed by atoms with Crippen LogP contribution in [0.2, 0.25) is 0 Å². The number of unbranched alkanes of at least 4 members (excludes halogenated alkanes) is 1. The molecule has 2 aliphatic rings. The van der Waals surface area contributed by atoms with E-state index in [-0.39, 0.29) is 30.4 Å². The maximum atomic E-state index is 13.1. The van der Waals surface area contributed by atoms with E-state index in [1.165, 1.54) is 22.6 Å². The zero-order valence-corrected chi connectivity index (χ0v) is 23.1. The number of hydrogen-bond donors (Lipinski definition) is 0. The van der Waals surface area contributed by atoms with Gasteiger partial charge in [-0.2, -0.15) is 13.2 Å². The van der Waals surface area contributed by atoms with Gasteiger partial charge in [-0.1, -0.05) is 6.07 Å². The normalized spacial score (nSPS) is 16.8. The Morgan fingerprint density at radius 3 is 2.49 bits per heavy atom. The van der Waals surface area contributed by atoms with Gasteiger partial charge in [-0.15, -0.1) is 36.2 Å². The molecule has 37 heavy (non-hydrogen) atoms. The fourth-order valence-electron chi connectivity index (χ4n) is 5.03. The number of aromatic nitrogens is 2. The van der Waals surface area contributed by atoms with Gasteiger partial charge in [-0.3, -0.25) is 14.3 Å². The number of piperazine rings is 1. The highest BCUT2D eigenvalue weighted by Gasteiger charge is 2.31. The molecule has 0 spiro atoms. The van der Waals surface area contributed by atoms with E-state index >= 15 is 0 Å². The number of likely N-dealkylation sites (N-methyl/N-ethyl adjacent to an activating group) is 1. The summed E-state index contributed by atoms with van der Waals surface area (Å²) in [5.41, 5.74) is 1.29. The molecule has 0 N–H and O–H groups in total. The van der Waals surface area contributed by atoms with E-state index in [2.05, 4.69) is 21.8 Å². The lowest BCUT2D eigenvalue weighted by Crippen LogP contribution is -2.46. The van der Waals surface area contributed by atoms with Gasteiger partial charge in [0.25, 0.3) is 5.56 Å². The fourth-order valence-corrected chi connectivity index (χ4v) is 6.29. The molecule has 0 unspecified atom stereocenters. The number of fused-ring (bicyclic) bond motifs is 3. The van der Waals surface area contributed by atoms with Gasteiger partial charge in [0.1, 0.15) is 4.83 Å². The minimum atomic E-state index is -4.32. The molecule has 12 heteroatoms. The van der Waals surface area contributed by atoms with Crippen LogP contribution in [-0.2, 0) is 25.7 Å². The Balaban J connectivity index is 0.00000190. The summed E-state index contributed by atoms with van der Waals surface area (Å²) in [6.45, 7) is 6.47. The lowest BCUT2D eigenvalue weighted by atomic mass is 10.1. The molecule has 4 heterocycles. The quantitative estimate of drug-likeness (QED) is 0.389. The smallest absolute Gasteiger partial charge is 0.369 e. The van der Waals surface area contributed by atoms with E-state index in [4.69, 9.17) is 0 Å². The maximum Gasteiger partial charge on any atom is 0.416 e. The second-order valence-electron chi connectivity index (χ2n) is 9.50. The Bertz CT molecular complexity index is 1260. The zero-order chi connectivity index (χ0) is 24.6. The summed E-state index contributed by atoms with van der Waals surface area (Å²) in [4.78, 5) is 26.5. The molecule has 1 saturated heterocycles. The first-order chi connectivity index (χ1) is 16.8. The van der Waals surface area contributed by atoms with Crippen LogP contribution in [0.5, 0.6) is 0 Å². The lowest BCUT2D eigenvalue weighted by Gasteiger charge is -2.36. The second kappa shape index (κ2) is 12.3. The van der Waals surface area contributed by atoms with Crippen molar-refractivity contribution in [3.05, 3.63) is 57.0 Å². The predicted molar refractivity (Wildman–Crippen MR) is 148 cm³/mol. The van der Waals surface area contributed by atoms with Crippen molar-refractivity contribution < 1.29 is 13.2 Å². The zero-order valence-electron chi connectivity index (χ0n) is 20.7. The van der Waals surface area contributed by atoms with Crippen LogP contribution in [0.1, 0.15) is 28.8 Å². The maximum absolute atomic E-state index is 13.1. The molecule has 2 aliphatic heterocycles. The van der Waals surface area contributed by atoms with Gasteiger partial charge in [-0.05, 0) is 56.6 Å². The highest BCUT2D eigenvalue weighted by molar-refractivity contribution is 7.18. The number of anilines is 1. The molecule has 0 radical (unpaired) electrons. The number of thiophene rings is 1. The second-order valence-corrected chi connectivity index (χ2v) is 10.6. The number of alkyl halides is 3. The molecule has 0 saturated carbocycles. The summed E-state index contributed by atoms with van der Waals surface area (Å²) < 4.78 is 40.8. The number of nitrogens with zero attached hydrogens (tertiary/aromatic N) is 5. The minimum absolute atomic E-state index is 0. The Labute approximate surface area is 230 Å². The van der Waals surface area contributed by atoms with Gasteiger partial charge >= 0.3 is 6.18 Å². The van der Waals surface area contributed by atoms with Crippen LogP contribution in [0.15, 0.2) is 35.4 Å². The third-order valence-electron chi connectivity index (χ3n) is 7.05. The van der Waals surface area contributed by atoms with Gasteiger partial charge in [-0.25, -0.2) is 4.98 Å². The van der Waals surface area contributed by atoms with Crippen molar-refractivity contribution in [1.29, 1.82) is 0 Å². The first-order valence-electron chi connectivity index (χ1n) is 12.1. The molecule has 0 aliphatic carbocycles. The van der Waals surface area contributed by atoms with Gasteiger partial charge in [0, 0.05) is 56.4 Å². The molecular formula is C25H32Cl2F3N5OS. The van der Waals surface area contributed by atoms with E-state index in [1.807, 2.05) is 4.90 Å². The van der Waals surface area contributed by atoms with Gasteiger partial charge in [0.05, 0.1) is 17.3 Å². The lowest BCUT2D eigenvalue weighted by molar-refractivity contribution is -0.137. The Morgan fingerprint density at radius 1 is 1.03 bits per heavy atom. The predicted octanol–water partition coefficient (Wildman–Crippen LogP) is 4.91.